The van der Waals surface area contributed by atoms with Crippen LogP contribution in [0.3, 0.4) is 0 Å². The molecule has 1 atom stereocenters. The maximum atomic E-state index is 12.9. The number of carbonyl (C=O) groups excluding carboxylic acids is 2. The van der Waals surface area contributed by atoms with Gasteiger partial charge in [0, 0.05) is 16.6 Å². The van der Waals surface area contributed by atoms with E-state index in [9.17, 15) is 9.59 Å². The fraction of sp³-hybridized carbons (Fsp3) is 0.261. The van der Waals surface area contributed by atoms with E-state index in [1.165, 1.54) is 10.5 Å². The van der Waals surface area contributed by atoms with Gasteiger partial charge < -0.3 is 10.1 Å². The number of amides is 2. The Morgan fingerprint density at radius 1 is 1.27 bits per heavy atom. The topological polar surface area (TPSA) is 71.5 Å². The lowest BCUT2D eigenvalue weighted by Gasteiger charge is -2.33. The number of benzene rings is 2. The summed E-state index contributed by atoms with van der Waals surface area (Å²) in [5.41, 5.74) is 4.20. The number of aryl methyl sites for hydroxylation is 2. The van der Waals surface area contributed by atoms with Gasteiger partial charge in [-0.05, 0) is 56.2 Å². The van der Waals surface area contributed by atoms with Crippen molar-refractivity contribution in [1.82, 2.24) is 4.98 Å². The van der Waals surface area contributed by atoms with Gasteiger partial charge in [-0.2, -0.15) is 0 Å². The van der Waals surface area contributed by atoms with E-state index < -0.39 is 6.04 Å². The Balaban J connectivity index is 1.61. The van der Waals surface area contributed by atoms with E-state index in [1.807, 2.05) is 54.8 Å². The van der Waals surface area contributed by atoms with Crippen molar-refractivity contribution in [2.24, 2.45) is 0 Å². The highest BCUT2D eigenvalue weighted by molar-refractivity contribution is 7.09. The van der Waals surface area contributed by atoms with E-state index in [0.29, 0.717) is 17.1 Å². The lowest BCUT2D eigenvalue weighted by Crippen LogP contribution is -2.49. The van der Waals surface area contributed by atoms with E-state index in [0.717, 1.165) is 22.7 Å². The van der Waals surface area contributed by atoms with Crippen LogP contribution in [-0.2, 0) is 16.0 Å². The minimum atomic E-state index is -0.696. The molecular weight excluding hydrogens is 398 g/mol. The van der Waals surface area contributed by atoms with Crippen molar-refractivity contribution in [3.05, 3.63) is 58.4 Å². The number of nitrogens with zero attached hydrogens (tertiary/aromatic N) is 2. The molecule has 3 aromatic rings. The van der Waals surface area contributed by atoms with Gasteiger partial charge in [0.05, 0.1) is 16.4 Å². The first-order valence-electron chi connectivity index (χ1n) is 9.87. The van der Waals surface area contributed by atoms with E-state index >= 15 is 0 Å². The number of anilines is 2. The van der Waals surface area contributed by atoms with Crippen LogP contribution in [0.1, 0.15) is 24.4 Å². The third-order valence-corrected chi connectivity index (χ3v) is 5.92. The SMILES string of the molecule is CCc1ccc(NC(=O)C(C)N2C(=O)COc3ccc(-c4csc(C)n4)cc32)cc1. The van der Waals surface area contributed by atoms with Gasteiger partial charge in [0.25, 0.3) is 5.91 Å². The molecule has 2 aromatic carbocycles. The molecule has 0 spiro atoms. The fourth-order valence-corrected chi connectivity index (χ4v) is 4.06. The molecule has 2 heterocycles. The van der Waals surface area contributed by atoms with Gasteiger partial charge in [0.15, 0.2) is 6.61 Å². The molecule has 0 saturated heterocycles. The predicted octanol–water partition coefficient (Wildman–Crippen LogP) is 4.43. The molecule has 0 bridgehead atoms. The first-order valence-corrected chi connectivity index (χ1v) is 10.8. The van der Waals surface area contributed by atoms with E-state index in [1.54, 1.807) is 18.3 Å². The zero-order valence-electron chi connectivity index (χ0n) is 17.1. The molecule has 2 amide bonds. The summed E-state index contributed by atoms with van der Waals surface area (Å²) in [5.74, 6) is 0.0747. The Hall–Kier alpha value is -3.19. The normalized spacial score (nSPS) is 14.1. The van der Waals surface area contributed by atoms with Crippen molar-refractivity contribution in [2.75, 3.05) is 16.8 Å². The van der Waals surface area contributed by atoms with Crippen molar-refractivity contribution in [1.29, 1.82) is 0 Å². The first-order chi connectivity index (χ1) is 14.5. The molecule has 6 nitrogen and oxygen atoms in total. The summed E-state index contributed by atoms with van der Waals surface area (Å²) >= 11 is 1.57. The highest BCUT2D eigenvalue weighted by Crippen LogP contribution is 2.37. The zero-order valence-corrected chi connectivity index (χ0v) is 18.0. The smallest absolute Gasteiger partial charge is 0.265 e. The summed E-state index contributed by atoms with van der Waals surface area (Å²) in [6, 6.07) is 12.6. The third kappa shape index (κ3) is 3.93. The molecule has 1 aliphatic rings. The summed E-state index contributed by atoms with van der Waals surface area (Å²) in [7, 11) is 0. The molecule has 1 aromatic heterocycles. The number of fused-ring (bicyclic) bond motifs is 1. The van der Waals surface area contributed by atoms with Crippen LogP contribution >= 0.6 is 11.3 Å². The van der Waals surface area contributed by atoms with Gasteiger partial charge in [0.2, 0.25) is 5.91 Å². The zero-order chi connectivity index (χ0) is 21.3. The summed E-state index contributed by atoms with van der Waals surface area (Å²) < 4.78 is 5.60. The average molecular weight is 422 g/mol. The number of aromatic nitrogens is 1. The van der Waals surface area contributed by atoms with Crippen LogP contribution in [0.2, 0.25) is 0 Å². The molecule has 0 saturated carbocycles. The second kappa shape index (κ2) is 8.28. The summed E-state index contributed by atoms with van der Waals surface area (Å²) in [5, 5.41) is 5.85. The number of hydrogen-bond donors (Lipinski definition) is 1. The molecule has 1 N–H and O–H groups in total. The molecule has 1 aliphatic heterocycles. The second-order valence-corrected chi connectivity index (χ2v) is 8.26. The monoisotopic (exact) mass is 421 g/mol. The van der Waals surface area contributed by atoms with Crippen LogP contribution in [0, 0.1) is 6.92 Å². The molecule has 0 aliphatic carbocycles. The Kier molecular flexibility index (Phi) is 5.55. The van der Waals surface area contributed by atoms with E-state index in [2.05, 4.69) is 17.2 Å². The number of nitrogens with one attached hydrogen (secondary N) is 1. The number of hydrogen-bond acceptors (Lipinski definition) is 5. The van der Waals surface area contributed by atoms with Gasteiger partial charge in [-0.3, -0.25) is 14.5 Å². The third-order valence-electron chi connectivity index (χ3n) is 5.15. The molecule has 7 heteroatoms. The quantitative estimate of drug-likeness (QED) is 0.661. The van der Waals surface area contributed by atoms with Crippen molar-refractivity contribution in [3.8, 4) is 17.0 Å². The first kappa shape index (κ1) is 20.1. The molecule has 30 heavy (non-hydrogen) atoms. The lowest BCUT2D eigenvalue weighted by molar-refractivity contribution is -0.125. The maximum absolute atomic E-state index is 12.9. The van der Waals surface area contributed by atoms with Gasteiger partial charge in [0.1, 0.15) is 11.8 Å². The van der Waals surface area contributed by atoms with Crippen LogP contribution in [-0.4, -0.2) is 29.4 Å². The van der Waals surface area contributed by atoms with Crippen LogP contribution in [0.25, 0.3) is 11.3 Å². The van der Waals surface area contributed by atoms with Crippen molar-refractivity contribution in [2.45, 2.75) is 33.2 Å². The number of rotatable bonds is 5. The Morgan fingerprint density at radius 3 is 2.70 bits per heavy atom. The summed E-state index contributed by atoms with van der Waals surface area (Å²) in [6.45, 7) is 5.66. The highest BCUT2D eigenvalue weighted by Gasteiger charge is 2.33. The Bertz CT molecular complexity index is 1090. The molecule has 0 radical (unpaired) electrons. The highest BCUT2D eigenvalue weighted by atomic mass is 32.1. The fourth-order valence-electron chi connectivity index (χ4n) is 3.44. The Morgan fingerprint density at radius 2 is 2.03 bits per heavy atom. The van der Waals surface area contributed by atoms with Crippen LogP contribution in [0.4, 0.5) is 11.4 Å². The number of carbonyl (C=O) groups is 2. The molecule has 0 fully saturated rings. The molecular formula is C23H23N3O3S. The average Bonchev–Trinajstić information content (AvgIpc) is 3.19. The van der Waals surface area contributed by atoms with Crippen LogP contribution < -0.4 is 15.0 Å². The summed E-state index contributed by atoms with van der Waals surface area (Å²) in [6.07, 6.45) is 0.935. The van der Waals surface area contributed by atoms with E-state index in [4.69, 9.17) is 4.74 Å². The van der Waals surface area contributed by atoms with Gasteiger partial charge >= 0.3 is 0 Å². The second-order valence-electron chi connectivity index (χ2n) is 7.20. The predicted molar refractivity (Wildman–Crippen MR) is 119 cm³/mol. The van der Waals surface area contributed by atoms with Gasteiger partial charge in [-0.1, -0.05) is 19.1 Å². The molecule has 1 unspecified atom stereocenters. The Labute approximate surface area is 179 Å². The molecule has 154 valence electrons. The van der Waals surface area contributed by atoms with Crippen LogP contribution in [0.15, 0.2) is 47.8 Å². The van der Waals surface area contributed by atoms with Crippen LogP contribution in [0.5, 0.6) is 5.75 Å². The number of ether oxygens (including phenoxy) is 1. The number of thiazole rings is 1. The van der Waals surface area contributed by atoms with Crippen molar-refractivity contribution >= 4 is 34.5 Å². The lowest BCUT2D eigenvalue weighted by atomic mass is 10.1. The standard InChI is InChI=1S/C23H23N3O3S/c1-4-16-5-8-18(9-6-16)25-23(28)14(2)26-20-11-17(19-13-30-15(3)24-19)7-10-21(20)29-12-22(26)27/h5-11,13-14H,4,12H2,1-3H3,(H,25,28). The van der Waals surface area contributed by atoms with Gasteiger partial charge in [-0.25, -0.2) is 4.98 Å². The van der Waals surface area contributed by atoms with Crippen molar-refractivity contribution < 1.29 is 14.3 Å². The minimum absolute atomic E-state index is 0.0923. The van der Waals surface area contributed by atoms with E-state index in [-0.39, 0.29) is 18.4 Å². The van der Waals surface area contributed by atoms with Gasteiger partial charge in [-0.15, -0.1) is 11.3 Å². The largest absolute Gasteiger partial charge is 0.482 e. The molecule has 4 rings (SSSR count). The maximum Gasteiger partial charge on any atom is 0.265 e. The van der Waals surface area contributed by atoms with Crippen molar-refractivity contribution in [3.63, 3.8) is 0 Å². The minimum Gasteiger partial charge on any atom is -0.482 e. The summed E-state index contributed by atoms with van der Waals surface area (Å²) in [4.78, 5) is 31.7.